The normalized spacial score (nSPS) is 15.5. The summed E-state index contributed by atoms with van der Waals surface area (Å²) in [7, 11) is 0. The molecule has 1 aliphatic rings. The third-order valence-corrected chi connectivity index (χ3v) is 3.37. The minimum atomic E-state index is 0.167. The van der Waals surface area contributed by atoms with Crippen LogP contribution in [0.5, 0.6) is 5.75 Å². The smallest absolute Gasteiger partial charge is 0.139 e. The summed E-state index contributed by atoms with van der Waals surface area (Å²) in [5.41, 5.74) is 1.46. The molecule has 0 atom stereocenters. The average molecular weight is 246 g/mol. The molecule has 1 aromatic carbocycles. The Hall–Kier alpha value is -1.31. The molecular weight excluding hydrogens is 224 g/mol. The molecule has 0 N–H and O–H groups in total. The van der Waals surface area contributed by atoms with E-state index in [1.807, 2.05) is 12.1 Å². The molecule has 0 bridgehead atoms. The lowest BCUT2D eigenvalue weighted by Gasteiger charge is -2.19. The molecule has 0 aliphatic heterocycles. The minimum Gasteiger partial charge on any atom is -0.493 e. The maximum atomic E-state index is 11.5. The minimum absolute atomic E-state index is 0.167. The number of ketones is 1. The molecule has 0 spiro atoms. The Morgan fingerprint density at radius 2 is 1.83 bits per heavy atom. The van der Waals surface area contributed by atoms with Crippen LogP contribution in [-0.2, 0) is 10.2 Å². The standard InChI is InChI=1S/C16H22O2/c1-16(2,3)13-6-8-14(9-7-13)18-11-10-15(17)12-4-5-12/h6-9,12H,4-5,10-11H2,1-3H3. The highest BCUT2D eigenvalue weighted by Crippen LogP contribution is 2.31. The van der Waals surface area contributed by atoms with Crippen molar-refractivity contribution in [3.8, 4) is 5.75 Å². The number of Topliss-reactive ketones (excluding diaryl/α,β-unsaturated/α-hetero) is 1. The van der Waals surface area contributed by atoms with Gasteiger partial charge in [-0.15, -0.1) is 0 Å². The van der Waals surface area contributed by atoms with Crippen molar-refractivity contribution in [2.24, 2.45) is 5.92 Å². The van der Waals surface area contributed by atoms with Gasteiger partial charge in [-0.25, -0.2) is 0 Å². The summed E-state index contributed by atoms with van der Waals surface area (Å²) in [6.45, 7) is 7.08. The second-order valence-corrected chi connectivity index (χ2v) is 6.11. The molecule has 1 aromatic rings. The summed E-state index contributed by atoms with van der Waals surface area (Å²) in [6, 6.07) is 8.17. The highest BCUT2D eigenvalue weighted by Gasteiger charge is 2.28. The number of hydrogen-bond acceptors (Lipinski definition) is 2. The first kappa shape index (κ1) is 13.1. The number of hydrogen-bond donors (Lipinski definition) is 0. The van der Waals surface area contributed by atoms with Gasteiger partial charge in [-0.3, -0.25) is 4.79 Å². The summed E-state index contributed by atoms with van der Waals surface area (Å²) < 4.78 is 5.60. The van der Waals surface area contributed by atoms with E-state index in [1.54, 1.807) is 0 Å². The predicted octanol–water partition coefficient (Wildman–Crippen LogP) is 3.73. The Balaban J connectivity index is 1.81. The second-order valence-electron chi connectivity index (χ2n) is 6.11. The van der Waals surface area contributed by atoms with E-state index in [0.717, 1.165) is 18.6 Å². The maximum absolute atomic E-state index is 11.5. The van der Waals surface area contributed by atoms with E-state index in [0.29, 0.717) is 24.7 Å². The van der Waals surface area contributed by atoms with Gasteiger partial charge < -0.3 is 4.74 Å². The first-order valence-corrected chi connectivity index (χ1v) is 6.73. The van der Waals surface area contributed by atoms with E-state index in [4.69, 9.17) is 4.74 Å². The topological polar surface area (TPSA) is 26.3 Å². The molecule has 18 heavy (non-hydrogen) atoms. The van der Waals surface area contributed by atoms with Gasteiger partial charge in [-0.05, 0) is 36.0 Å². The van der Waals surface area contributed by atoms with Crippen LogP contribution >= 0.6 is 0 Å². The van der Waals surface area contributed by atoms with Gasteiger partial charge in [-0.1, -0.05) is 32.9 Å². The zero-order chi connectivity index (χ0) is 13.2. The number of ether oxygens (including phenoxy) is 1. The first-order valence-electron chi connectivity index (χ1n) is 6.73. The fraction of sp³-hybridized carbons (Fsp3) is 0.562. The van der Waals surface area contributed by atoms with Gasteiger partial charge in [0, 0.05) is 12.3 Å². The quantitative estimate of drug-likeness (QED) is 0.791. The molecule has 0 amide bonds. The molecule has 2 nitrogen and oxygen atoms in total. The van der Waals surface area contributed by atoms with Crippen LogP contribution in [0.25, 0.3) is 0 Å². The van der Waals surface area contributed by atoms with Crippen LogP contribution in [-0.4, -0.2) is 12.4 Å². The fourth-order valence-electron chi connectivity index (χ4n) is 1.93. The Labute approximate surface area is 109 Å². The molecule has 1 saturated carbocycles. The van der Waals surface area contributed by atoms with E-state index in [2.05, 4.69) is 32.9 Å². The zero-order valence-electron chi connectivity index (χ0n) is 11.5. The third-order valence-electron chi connectivity index (χ3n) is 3.37. The van der Waals surface area contributed by atoms with Crippen molar-refractivity contribution < 1.29 is 9.53 Å². The Morgan fingerprint density at radius 3 is 2.33 bits per heavy atom. The molecule has 0 heterocycles. The van der Waals surface area contributed by atoms with Gasteiger partial charge in [-0.2, -0.15) is 0 Å². The van der Waals surface area contributed by atoms with Gasteiger partial charge >= 0.3 is 0 Å². The van der Waals surface area contributed by atoms with Crippen LogP contribution in [0.1, 0.15) is 45.6 Å². The molecule has 2 heteroatoms. The fourth-order valence-corrected chi connectivity index (χ4v) is 1.93. The van der Waals surface area contributed by atoms with Crippen molar-refractivity contribution in [2.45, 2.75) is 45.4 Å². The molecular formula is C16H22O2. The number of carbonyl (C=O) groups excluding carboxylic acids is 1. The lowest BCUT2D eigenvalue weighted by atomic mass is 9.87. The number of benzene rings is 1. The second kappa shape index (κ2) is 5.13. The largest absolute Gasteiger partial charge is 0.493 e. The lowest BCUT2D eigenvalue weighted by Crippen LogP contribution is -2.11. The van der Waals surface area contributed by atoms with E-state index >= 15 is 0 Å². The van der Waals surface area contributed by atoms with Crippen LogP contribution < -0.4 is 4.74 Å². The van der Waals surface area contributed by atoms with Crippen molar-refractivity contribution in [1.29, 1.82) is 0 Å². The van der Waals surface area contributed by atoms with Crippen LogP contribution in [0.3, 0.4) is 0 Å². The van der Waals surface area contributed by atoms with Gasteiger partial charge in [0.05, 0.1) is 6.61 Å². The number of carbonyl (C=O) groups is 1. The first-order chi connectivity index (χ1) is 8.47. The Kier molecular flexibility index (Phi) is 3.74. The van der Waals surface area contributed by atoms with Crippen LogP contribution in [0, 0.1) is 5.92 Å². The summed E-state index contributed by atoms with van der Waals surface area (Å²) in [5, 5.41) is 0. The highest BCUT2D eigenvalue weighted by molar-refractivity contribution is 5.83. The molecule has 0 radical (unpaired) electrons. The molecule has 1 aliphatic carbocycles. The van der Waals surface area contributed by atoms with Gasteiger partial charge in [0.2, 0.25) is 0 Å². The molecule has 98 valence electrons. The van der Waals surface area contributed by atoms with Crippen LogP contribution in [0.15, 0.2) is 24.3 Å². The van der Waals surface area contributed by atoms with Crippen molar-refractivity contribution in [3.05, 3.63) is 29.8 Å². The van der Waals surface area contributed by atoms with Crippen molar-refractivity contribution >= 4 is 5.78 Å². The zero-order valence-corrected chi connectivity index (χ0v) is 11.5. The lowest BCUT2D eigenvalue weighted by molar-refractivity contribution is -0.120. The van der Waals surface area contributed by atoms with Crippen molar-refractivity contribution in [1.82, 2.24) is 0 Å². The SMILES string of the molecule is CC(C)(C)c1ccc(OCCC(=O)C2CC2)cc1. The molecule has 1 fully saturated rings. The van der Waals surface area contributed by atoms with Gasteiger partial charge in [0.15, 0.2) is 0 Å². The van der Waals surface area contributed by atoms with Crippen molar-refractivity contribution in [2.75, 3.05) is 6.61 Å². The monoisotopic (exact) mass is 246 g/mol. The third kappa shape index (κ3) is 3.59. The molecule has 0 unspecified atom stereocenters. The average Bonchev–Trinajstić information content (AvgIpc) is 3.12. The van der Waals surface area contributed by atoms with Gasteiger partial charge in [0.25, 0.3) is 0 Å². The Bertz CT molecular complexity index is 408. The maximum Gasteiger partial charge on any atom is 0.139 e. The van der Waals surface area contributed by atoms with E-state index in [1.165, 1.54) is 5.56 Å². The summed E-state index contributed by atoms with van der Waals surface area (Å²) in [6.07, 6.45) is 2.71. The summed E-state index contributed by atoms with van der Waals surface area (Å²) in [5.74, 6) is 1.56. The number of rotatable bonds is 5. The molecule has 0 saturated heterocycles. The van der Waals surface area contributed by atoms with E-state index < -0.39 is 0 Å². The molecule has 0 aromatic heterocycles. The van der Waals surface area contributed by atoms with Crippen LogP contribution in [0.4, 0.5) is 0 Å². The van der Waals surface area contributed by atoms with Gasteiger partial charge in [0.1, 0.15) is 11.5 Å². The summed E-state index contributed by atoms with van der Waals surface area (Å²) in [4.78, 5) is 11.5. The van der Waals surface area contributed by atoms with Crippen molar-refractivity contribution in [3.63, 3.8) is 0 Å². The van der Waals surface area contributed by atoms with Crippen LogP contribution in [0.2, 0.25) is 0 Å². The Morgan fingerprint density at radius 1 is 1.22 bits per heavy atom. The highest BCUT2D eigenvalue weighted by atomic mass is 16.5. The van der Waals surface area contributed by atoms with E-state index in [9.17, 15) is 4.79 Å². The molecule has 2 rings (SSSR count). The van der Waals surface area contributed by atoms with E-state index in [-0.39, 0.29) is 5.41 Å². The predicted molar refractivity (Wildman–Crippen MR) is 73.0 cm³/mol. The summed E-state index contributed by atoms with van der Waals surface area (Å²) >= 11 is 0.